The Morgan fingerprint density at radius 3 is 2.86 bits per heavy atom. The average Bonchev–Trinajstić information content (AvgIpc) is 2.86. The number of aromatic nitrogens is 4. The smallest absolute Gasteiger partial charge is 0.158 e. The molecule has 3 N–H and O–H groups in total. The third-order valence-electron chi connectivity index (χ3n) is 3.22. The van der Waals surface area contributed by atoms with Crippen LogP contribution in [0.1, 0.15) is 11.3 Å². The van der Waals surface area contributed by atoms with Crippen molar-refractivity contribution in [2.45, 2.75) is 6.54 Å². The Morgan fingerprint density at radius 2 is 2.14 bits per heavy atom. The molecule has 3 aromatic rings. The summed E-state index contributed by atoms with van der Waals surface area (Å²) in [6.07, 6.45) is 3.64. The van der Waals surface area contributed by atoms with Gasteiger partial charge in [-0.3, -0.25) is 4.98 Å². The highest BCUT2D eigenvalue weighted by molar-refractivity contribution is 6.07. The van der Waals surface area contributed by atoms with Crippen LogP contribution in [0.2, 0.25) is 0 Å². The Morgan fingerprint density at radius 1 is 1.32 bits per heavy atom. The maximum absolute atomic E-state index is 13.7. The fraction of sp³-hybridized carbons (Fsp3) is 0.143. The number of halogens is 2. The average molecular weight is 302 g/mol. The number of nitrogens with one attached hydrogen (secondary N) is 1. The zero-order chi connectivity index (χ0) is 15.7. The molecule has 0 spiro atoms. The van der Waals surface area contributed by atoms with E-state index in [0.717, 1.165) is 12.4 Å². The van der Waals surface area contributed by atoms with Crippen LogP contribution in [-0.2, 0) is 6.54 Å². The third kappa shape index (κ3) is 2.44. The van der Waals surface area contributed by atoms with Gasteiger partial charge in [0, 0.05) is 18.3 Å². The standard InChI is InChI=1S/C14H12F2N6/c15-9-3-10-13(12(18)4-17)21-22(14(10)20-5-9)7-8-1-2-19-6-11(8)16/h1-3,5-6,18H,4,7,17H2. The van der Waals surface area contributed by atoms with Crippen LogP contribution in [0.5, 0.6) is 0 Å². The predicted octanol–water partition coefficient (Wildman–Crippen LogP) is 1.48. The number of hydrogen-bond acceptors (Lipinski definition) is 5. The molecule has 0 saturated heterocycles. The molecular weight excluding hydrogens is 290 g/mol. The monoisotopic (exact) mass is 302 g/mol. The van der Waals surface area contributed by atoms with Crippen LogP contribution in [0.4, 0.5) is 8.78 Å². The molecule has 0 aromatic carbocycles. The quantitative estimate of drug-likeness (QED) is 0.714. The van der Waals surface area contributed by atoms with Gasteiger partial charge in [-0.25, -0.2) is 18.4 Å². The Hall–Kier alpha value is -2.74. The van der Waals surface area contributed by atoms with Crippen molar-refractivity contribution < 1.29 is 8.78 Å². The normalized spacial score (nSPS) is 11.0. The first-order chi connectivity index (χ1) is 10.6. The molecule has 0 radical (unpaired) electrons. The van der Waals surface area contributed by atoms with Gasteiger partial charge < -0.3 is 11.1 Å². The molecule has 3 heterocycles. The Labute approximate surface area is 124 Å². The Bertz CT molecular complexity index is 858. The Kier molecular flexibility index (Phi) is 3.60. The second-order valence-corrected chi connectivity index (χ2v) is 4.68. The first-order valence-corrected chi connectivity index (χ1v) is 6.48. The van der Waals surface area contributed by atoms with Gasteiger partial charge in [0.2, 0.25) is 0 Å². The molecule has 22 heavy (non-hydrogen) atoms. The summed E-state index contributed by atoms with van der Waals surface area (Å²) < 4.78 is 28.6. The number of nitrogens with zero attached hydrogens (tertiary/aromatic N) is 4. The van der Waals surface area contributed by atoms with Gasteiger partial charge in [-0.05, 0) is 12.1 Å². The summed E-state index contributed by atoms with van der Waals surface area (Å²) >= 11 is 0. The van der Waals surface area contributed by atoms with Gasteiger partial charge in [-0.2, -0.15) is 5.10 Å². The maximum atomic E-state index is 13.7. The molecule has 0 aliphatic rings. The van der Waals surface area contributed by atoms with Crippen LogP contribution in [0.3, 0.4) is 0 Å². The summed E-state index contributed by atoms with van der Waals surface area (Å²) in [6.45, 7) is 0.0631. The van der Waals surface area contributed by atoms with E-state index < -0.39 is 11.6 Å². The molecule has 0 bridgehead atoms. The predicted molar refractivity (Wildman–Crippen MR) is 76.7 cm³/mol. The summed E-state index contributed by atoms with van der Waals surface area (Å²) in [5, 5.41) is 12.4. The first-order valence-electron chi connectivity index (χ1n) is 6.48. The van der Waals surface area contributed by atoms with Gasteiger partial charge in [-0.1, -0.05) is 0 Å². The van der Waals surface area contributed by atoms with Crippen molar-refractivity contribution in [1.29, 1.82) is 5.41 Å². The zero-order valence-electron chi connectivity index (χ0n) is 11.4. The largest absolute Gasteiger partial charge is 0.325 e. The highest BCUT2D eigenvalue weighted by Crippen LogP contribution is 2.19. The SMILES string of the molecule is N=C(CN)c1nn(Cc2ccncc2F)c2ncc(F)cc12. The molecule has 112 valence electrons. The van der Waals surface area contributed by atoms with Crippen molar-refractivity contribution in [2.24, 2.45) is 5.73 Å². The van der Waals surface area contributed by atoms with Crippen LogP contribution >= 0.6 is 0 Å². The molecule has 0 atom stereocenters. The van der Waals surface area contributed by atoms with Crippen molar-refractivity contribution in [3.05, 3.63) is 53.6 Å². The number of rotatable bonds is 4. The second kappa shape index (κ2) is 5.57. The van der Waals surface area contributed by atoms with Crippen molar-refractivity contribution in [3.63, 3.8) is 0 Å². The first kappa shape index (κ1) is 14.2. The third-order valence-corrected chi connectivity index (χ3v) is 3.22. The van der Waals surface area contributed by atoms with Crippen LogP contribution in [0.15, 0.2) is 30.7 Å². The van der Waals surface area contributed by atoms with Gasteiger partial charge in [0.05, 0.1) is 30.0 Å². The highest BCUT2D eigenvalue weighted by atomic mass is 19.1. The van der Waals surface area contributed by atoms with E-state index in [0.29, 0.717) is 16.6 Å². The molecular formula is C14H12F2N6. The maximum Gasteiger partial charge on any atom is 0.158 e. The highest BCUT2D eigenvalue weighted by Gasteiger charge is 2.16. The lowest BCUT2D eigenvalue weighted by Crippen LogP contribution is -2.15. The van der Waals surface area contributed by atoms with Crippen molar-refractivity contribution in [2.75, 3.05) is 6.54 Å². The second-order valence-electron chi connectivity index (χ2n) is 4.68. The summed E-state index contributed by atoms with van der Waals surface area (Å²) in [5.74, 6) is -1.00. The topological polar surface area (TPSA) is 93.5 Å². The van der Waals surface area contributed by atoms with E-state index in [1.54, 1.807) is 0 Å². The lowest BCUT2D eigenvalue weighted by Gasteiger charge is -2.04. The van der Waals surface area contributed by atoms with Gasteiger partial charge in [-0.15, -0.1) is 0 Å². The molecule has 6 nitrogen and oxygen atoms in total. The summed E-state index contributed by atoms with van der Waals surface area (Å²) in [7, 11) is 0. The molecule has 0 fully saturated rings. The molecule has 8 heteroatoms. The van der Waals surface area contributed by atoms with Crippen LogP contribution in [0, 0.1) is 17.0 Å². The van der Waals surface area contributed by atoms with Gasteiger partial charge in [0.1, 0.15) is 17.3 Å². The lowest BCUT2D eigenvalue weighted by molar-refractivity contribution is 0.582. The van der Waals surface area contributed by atoms with Crippen LogP contribution < -0.4 is 5.73 Å². The molecule has 0 aliphatic carbocycles. The molecule has 0 aliphatic heterocycles. The van der Waals surface area contributed by atoms with Crippen molar-refractivity contribution >= 4 is 16.7 Å². The van der Waals surface area contributed by atoms with E-state index in [4.69, 9.17) is 11.1 Å². The van der Waals surface area contributed by atoms with E-state index >= 15 is 0 Å². The number of fused-ring (bicyclic) bond motifs is 1. The van der Waals surface area contributed by atoms with E-state index in [1.165, 1.54) is 23.0 Å². The molecule has 0 saturated carbocycles. The number of hydrogen-bond donors (Lipinski definition) is 2. The van der Waals surface area contributed by atoms with E-state index in [2.05, 4.69) is 15.1 Å². The Balaban J connectivity index is 2.14. The minimum atomic E-state index is -0.534. The minimum absolute atomic E-state index is 0.0355. The van der Waals surface area contributed by atoms with Crippen LogP contribution in [0.25, 0.3) is 11.0 Å². The zero-order valence-corrected chi connectivity index (χ0v) is 11.4. The van der Waals surface area contributed by atoms with Crippen molar-refractivity contribution in [1.82, 2.24) is 19.7 Å². The lowest BCUT2D eigenvalue weighted by atomic mass is 10.2. The van der Waals surface area contributed by atoms with E-state index in [1.807, 2.05) is 0 Å². The summed E-state index contributed by atoms with van der Waals surface area (Å²) in [4.78, 5) is 7.68. The van der Waals surface area contributed by atoms with Crippen LogP contribution in [-0.4, -0.2) is 32.0 Å². The van der Waals surface area contributed by atoms with E-state index in [-0.39, 0.29) is 24.5 Å². The summed E-state index contributed by atoms with van der Waals surface area (Å²) in [5.41, 5.74) is 6.51. The van der Waals surface area contributed by atoms with E-state index in [9.17, 15) is 8.78 Å². The van der Waals surface area contributed by atoms with Gasteiger partial charge in [0.25, 0.3) is 0 Å². The van der Waals surface area contributed by atoms with Gasteiger partial charge >= 0.3 is 0 Å². The van der Waals surface area contributed by atoms with Gasteiger partial charge in [0.15, 0.2) is 5.65 Å². The molecule has 3 rings (SSSR count). The number of nitrogens with two attached hydrogens (primary N) is 1. The number of pyridine rings is 2. The minimum Gasteiger partial charge on any atom is -0.325 e. The van der Waals surface area contributed by atoms with Crippen molar-refractivity contribution in [3.8, 4) is 0 Å². The fourth-order valence-corrected chi connectivity index (χ4v) is 2.16. The molecule has 0 unspecified atom stereocenters. The fourth-order valence-electron chi connectivity index (χ4n) is 2.16. The molecule has 3 aromatic heterocycles. The molecule has 0 amide bonds. The summed E-state index contributed by atoms with van der Waals surface area (Å²) in [6, 6.07) is 2.77.